The van der Waals surface area contributed by atoms with Gasteiger partial charge in [0.05, 0.1) is 0 Å². The smallest absolute Gasteiger partial charge is 0.302 e. The molecule has 2 heteroatoms. The van der Waals surface area contributed by atoms with Gasteiger partial charge in [-0.3, -0.25) is 4.79 Å². The molecular formula is C29H46O2. The summed E-state index contributed by atoms with van der Waals surface area (Å²) in [5.41, 5.74) is 2.87. The summed E-state index contributed by atoms with van der Waals surface area (Å²) >= 11 is 0. The van der Waals surface area contributed by atoms with E-state index in [1.54, 1.807) is 6.92 Å². The number of allylic oxidation sites excluding steroid dienone is 2. The first-order valence-corrected chi connectivity index (χ1v) is 13.6. The quantitative estimate of drug-likeness (QED) is 0.323. The molecule has 4 fully saturated rings. The lowest BCUT2D eigenvalue weighted by Gasteiger charge is -2.67. The number of esters is 1. The average Bonchev–Trinajstić information content (AvgIpc) is 3.03. The van der Waals surface area contributed by atoms with Gasteiger partial charge >= 0.3 is 5.97 Å². The van der Waals surface area contributed by atoms with Crippen LogP contribution in [0.3, 0.4) is 0 Å². The van der Waals surface area contributed by atoms with Crippen molar-refractivity contribution in [1.29, 1.82) is 0 Å². The Kier molecular flexibility index (Phi) is 5.62. The number of rotatable bonds is 6. The zero-order chi connectivity index (χ0) is 22.0. The minimum atomic E-state index is -0.0904. The first kappa shape index (κ1) is 22.0. The third-order valence-electron chi connectivity index (χ3n) is 11.0. The van der Waals surface area contributed by atoms with Gasteiger partial charge in [0.15, 0.2) is 0 Å². The van der Waals surface area contributed by atoms with Crippen LogP contribution in [0.25, 0.3) is 0 Å². The molecule has 0 heterocycles. The van der Waals surface area contributed by atoms with Crippen LogP contribution in [0.15, 0.2) is 11.6 Å². The molecule has 0 N–H and O–H groups in total. The van der Waals surface area contributed by atoms with E-state index >= 15 is 0 Å². The molecule has 0 amide bonds. The Balaban J connectivity index is 1.32. The van der Waals surface area contributed by atoms with E-state index in [2.05, 4.69) is 33.8 Å². The molecule has 9 atom stereocenters. The van der Waals surface area contributed by atoms with E-state index in [-0.39, 0.29) is 12.1 Å². The fourth-order valence-corrected chi connectivity index (χ4v) is 9.88. The predicted octanol–water partition coefficient (Wildman–Crippen LogP) is 7.57. The predicted molar refractivity (Wildman–Crippen MR) is 126 cm³/mol. The van der Waals surface area contributed by atoms with Gasteiger partial charge in [0.25, 0.3) is 0 Å². The second-order valence-electron chi connectivity index (χ2n) is 13.0. The summed E-state index contributed by atoms with van der Waals surface area (Å²) in [6.45, 7) is 11.6. The summed E-state index contributed by atoms with van der Waals surface area (Å²) < 4.78 is 5.65. The van der Waals surface area contributed by atoms with Gasteiger partial charge in [-0.1, -0.05) is 58.6 Å². The summed E-state index contributed by atoms with van der Waals surface area (Å²) in [4.78, 5) is 11.5. The number of carbonyl (C=O) groups excluding carboxylic acids is 1. The zero-order valence-electron chi connectivity index (χ0n) is 20.8. The SMILES string of the molecule is CC(=O)OC1CCC23C=C4CC5(C)C(C(C)CCCC(C)C)CCC5C(CCC2C1)C43. The lowest BCUT2D eigenvalue weighted by atomic mass is 9.37. The van der Waals surface area contributed by atoms with Crippen molar-refractivity contribution in [3.8, 4) is 0 Å². The van der Waals surface area contributed by atoms with Crippen LogP contribution < -0.4 is 0 Å². The lowest BCUT2D eigenvalue weighted by Crippen LogP contribution is -2.60. The van der Waals surface area contributed by atoms with Crippen molar-refractivity contribution in [3.05, 3.63) is 11.6 Å². The molecule has 4 saturated carbocycles. The van der Waals surface area contributed by atoms with Crippen molar-refractivity contribution in [2.75, 3.05) is 0 Å². The van der Waals surface area contributed by atoms with Crippen LogP contribution in [0.5, 0.6) is 0 Å². The van der Waals surface area contributed by atoms with E-state index in [0.29, 0.717) is 10.8 Å². The van der Waals surface area contributed by atoms with E-state index in [1.807, 2.05) is 5.57 Å². The summed E-state index contributed by atoms with van der Waals surface area (Å²) in [7, 11) is 0. The topological polar surface area (TPSA) is 26.3 Å². The van der Waals surface area contributed by atoms with Gasteiger partial charge in [-0.05, 0) is 104 Å². The first-order valence-electron chi connectivity index (χ1n) is 13.6. The second-order valence-corrected chi connectivity index (χ2v) is 13.0. The number of hydrogen-bond acceptors (Lipinski definition) is 2. The first-order chi connectivity index (χ1) is 14.7. The Morgan fingerprint density at radius 3 is 2.68 bits per heavy atom. The van der Waals surface area contributed by atoms with Crippen molar-refractivity contribution < 1.29 is 9.53 Å². The van der Waals surface area contributed by atoms with Gasteiger partial charge in [0, 0.05) is 6.92 Å². The zero-order valence-corrected chi connectivity index (χ0v) is 20.8. The van der Waals surface area contributed by atoms with Crippen LogP contribution in [0.1, 0.15) is 105 Å². The van der Waals surface area contributed by atoms with Gasteiger partial charge in [0.2, 0.25) is 0 Å². The Hall–Kier alpha value is -0.790. The van der Waals surface area contributed by atoms with Gasteiger partial charge in [-0.25, -0.2) is 0 Å². The molecule has 0 aromatic heterocycles. The maximum Gasteiger partial charge on any atom is 0.302 e. The molecule has 31 heavy (non-hydrogen) atoms. The standard InChI is InChI=1S/C29H46O2/c1-18(2)7-6-8-19(3)25-11-12-26-24-10-9-22-15-23(31-20(4)30)13-14-29(22)17-21(27(24)29)16-28(25,26)5/h17-19,22-27H,6-16H2,1-5H3. The maximum absolute atomic E-state index is 11.5. The normalized spacial score (nSPS) is 46.3. The van der Waals surface area contributed by atoms with Crippen molar-refractivity contribution in [1.82, 2.24) is 0 Å². The van der Waals surface area contributed by atoms with Crippen LogP contribution in [-0.4, -0.2) is 12.1 Å². The highest BCUT2D eigenvalue weighted by Crippen LogP contribution is 2.74. The Bertz CT molecular complexity index is 737. The van der Waals surface area contributed by atoms with E-state index in [1.165, 1.54) is 57.8 Å². The van der Waals surface area contributed by atoms with Crippen LogP contribution in [0.2, 0.25) is 0 Å². The maximum atomic E-state index is 11.5. The molecule has 5 aliphatic rings. The van der Waals surface area contributed by atoms with Crippen LogP contribution in [0, 0.1) is 52.3 Å². The molecule has 5 aliphatic carbocycles. The Morgan fingerprint density at radius 2 is 1.94 bits per heavy atom. The average molecular weight is 427 g/mol. The molecule has 0 aliphatic heterocycles. The second kappa shape index (κ2) is 7.91. The van der Waals surface area contributed by atoms with Crippen LogP contribution in [-0.2, 0) is 9.53 Å². The van der Waals surface area contributed by atoms with Crippen molar-refractivity contribution in [2.24, 2.45) is 52.3 Å². The van der Waals surface area contributed by atoms with E-state index in [0.717, 1.165) is 54.3 Å². The van der Waals surface area contributed by atoms with E-state index in [4.69, 9.17) is 4.74 Å². The molecule has 2 nitrogen and oxygen atoms in total. The van der Waals surface area contributed by atoms with Crippen LogP contribution >= 0.6 is 0 Å². The number of fused-ring (bicyclic) bond motifs is 2. The van der Waals surface area contributed by atoms with Gasteiger partial charge in [-0.15, -0.1) is 0 Å². The molecule has 9 unspecified atom stereocenters. The molecule has 0 radical (unpaired) electrons. The van der Waals surface area contributed by atoms with Crippen molar-refractivity contribution in [2.45, 2.75) is 111 Å². The van der Waals surface area contributed by atoms with Gasteiger partial charge in [0.1, 0.15) is 6.10 Å². The number of carbonyl (C=O) groups is 1. The fraction of sp³-hybridized carbons (Fsp3) is 0.897. The number of ether oxygens (including phenoxy) is 1. The largest absolute Gasteiger partial charge is 0.463 e. The third kappa shape index (κ3) is 3.45. The molecule has 0 bridgehead atoms. The van der Waals surface area contributed by atoms with Gasteiger partial charge in [-0.2, -0.15) is 0 Å². The minimum Gasteiger partial charge on any atom is -0.463 e. The molecule has 1 spiro atoms. The van der Waals surface area contributed by atoms with Gasteiger partial charge < -0.3 is 4.74 Å². The lowest BCUT2D eigenvalue weighted by molar-refractivity contribution is -0.157. The Morgan fingerprint density at radius 1 is 1.13 bits per heavy atom. The van der Waals surface area contributed by atoms with Crippen LogP contribution in [0.4, 0.5) is 0 Å². The number of hydrogen-bond donors (Lipinski definition) is 0. The summed E-state index contributed by atoms with van der Waals surface area (Å²) in [5.74, 6) is 6.09. The van der Waals surface area contributed by atoms with Crippen molar-refractivity contribution >= 4 is 5.97 Å². The molecule has 0 aromatic carbocycles. The van der Waals surface area contributed by atoms with E-state index in [9.17, 15) is 4.79 Å². The highest BCUT2D eigenvalue weighted by Gasteiger charge is 2.66. The van der Waals surface area contributed by atoms with Crippen molar-refractivity contribution in [3.63, 3.8) is 0 Å². The third-order valence-corrected chi connectivity index (χ3v) is 11.0. The van der Waals surface area contributed by atoms with E-state index < -0.39 is 0 Å². The molecule has 0 saturated heterocycles. The summed E-state index contributed by atoms with van der Waals surface area (Å²) in [5, 5.41) is 0. The Labute approximate surface area is 191 Å². The highest BCUT2D eigenvalue weighted by molar-refractivity contribution is 5.66. The minimum absolute atomic E-state index is 0.0904. The summed E-state index contributed by atoms with van der Waals surface area (Å²) in [6.07, 6.45) is 17.8. The molecule has 0 aromatic rings. The molecule has 5 rings (SSSR count). The molecule has 174 valence electrons. The highest BCUT2D eigenvalue weighted by atomic mass is 16.5. The molecular weight excluding hydrogens is 380 g/mol. The monoisotopic (exact) mass is 426 g/mol. The fourth-order valence-electron chi connectivity index (χ4n) is 9.88. The summed E-state index contributed by atoms with van der Waals surface area (Å²) in [6, 6.07) is 0.